The molecule has 144 valence electrons. The lowest BCUT2D eigenvalue weighted by molar-refractivity contribution is -0.137. The summed E-state index contributed by atoms with van der Waals surface area (Å²) in [6.07, 6.45) is 6.04. The van der Waals surface area contributed by atoms with Crippen LogP contribution >= 0.6 is 0 Å². The van der Waals surface area contributed by atoms with Gasteiger partial charge in [-0.2, -0.15) is 0 Å². The number of aromatic nitrogens is 2. The number of ether oxygens (including phenoxy) is 1. The Kier molecular flexibility index (Phi) is 5.83. The minimum atomic E-state index is -0.416. The third-order valence-electron chi connectivity index (χ3n) is 5.04. The SMILES string of the molecule is O=C1NCCOC1Cc1cn(CCCc2ccc(-c3ccccc3)cc2)cn1. The van der Waals surface area contributed by atoms with E-state index in [1.54, 1.807) is 0 Å². The molecule has 1 aliphatic heterocycles. The molecule has 1 unspecified atom stereocenters. The van der Waals surface area contributed by atoms with E-state index >= 15 is 0 Å². The highest BCUT2D eigenvalue weighted by Crippen LogP contribution is 2.19. The number of rotatable bonds is 7. The van der Waals surface area contributed by atoms with E-state index in [1.165, 1.54) is 16.7 Å². The highest BCUT2D eigenvalue weighted by Gasteiger charge is 2.23. The average molecular weight is 375 g/mol. The van der Waals surface area contributed by atoms with E-state index < -0.39 is 6.10 Å². The minimum Gasteiger partial charge on any atom is -0.366 e. The van der Waals surface area contributed by atoms with E-state index in [0.29, 0.717) is 19.6 Å². The molecule has 5 heteroatoms. The van der Waals surface area contributed by atoms with Crippen molar-refractivity contribution in [1.29, 1.82) is 0 Å². The van der Waals surface area contributed by atoms with Crippen molar-refractivity contribution in [2.45, 2.75) is 31.9 Å². The van der Waals surface area contributed by atoms with Crippen molar-refractivity contribution in [1.82, 2.24) is 14.9 Å². The number of imidazole rings is 1. The van der Waals surface area contributed by atoms with Gasteiger partial charge in [0.15, 0.2) is 0 Å². The van der Waals surface area contributed by atoms with Gasteiger partial charge in [0.2, 0.25) is 5.91 Å². The van der Waals surface area contributed by atoms with Gasteiger partial charge in [0.1, 0.15) is 6.10 Å². The molecule has 3 aromatic rings. The number of carbonyl (C=O) groups is 1. The molecule has 1 atom stereocenters. The summed E-state index contributed by atoms with van der Waals surface area (Å²) < 4.78 is 7.61. The molecule has 2 heterocycles. The first-order valence-electron chi connectivity index (χ1n) is 9.82. The van der Waals surface area contributed by atoms with Crippen molar-refractivity contribution in [3.8, 4) is 11.1 Å². The van der Waals surface area contributed by atoms with Crippen molar-refractivity contribution in [3.05, 3.63) is 78.4 Å². The lowest BCUT2D eigenvalue weighted by atomic mass is 10.0. The molecular weight excluding hydrogens is 350 g/mol. The monoisotopic (exact) mass is 375 g/mol. The van der Waals surface area contributed by atoms with Crippen molar-refractivity contribution >= 4 is 5.91 Å². The Morgan fingerprint density at radius 3 is 2.64 bits per heavy atom. The van der Waals surface area contributed by atoms with Crippen LogP contribution in [0.15, 0.2) is 67.1 Å². The molecule has 1 aliphatic rings. The highest BCUT2D eigenvalue weighted by atomic mass is 16.5. The number of hydrogen-bond donors (Lipinski definition) is 1. The molecule has 1 fully saturated rings. The molecule has 0 spiro atoms. The summed E-state index contributed by atoms with van der Waals surface area (Å²) in [6, 6.07) is 19.2. The van der Waals surface area contributed by atoms with E-state index in [0.717, 1.165) is 25.1 Å². The highest BCUT2D eigenvalue weighted by molar-refractivity contribution is 5.81. The van der Waals surface area contributed by atoms with Crippen LogP contribution in [-0.2, 0) is 28.9 Å². The summed E-state index contributed by atoms with van der Waals surface area (Å²) in [6.45, 7) is 2.07. The van der Waals surface area contributed by atoms with E-state index in [4.69, 9.17) is 4.74 Å². The van der Waals surface area contributed by atoms with E-state index in [9.17, 15) is 4.79 Å². The minimum absolute atomic E-state index is 0.0419. The van der Waals surface area contributed by atoms with Crippen LogP contribution in [0, 0.1) is 0 Å². The summed E-state index contributed by atoms with van der Waals surface area (Å²) >= 11 is 0. The molecule has 1 saturated heterocycles. The van der Waals surface area contributed by atoms with Crippen molar-refractivity contribution in [2.75, 3.05) is 13.2 Å². The number of aryl methyl sites for hydroxylation is 2. The molecule has 0 aliphatic carbocycles. The second-order valence-electron chi connectivity index (χ2n) is 7.12. The maximum atomic E-state index is 11.8. The summed E-state index contributed by atoms with van der Waals surface area (Å²) in [5.41, 5.74) is 4.73. The normalized spacial score (nSPS) is 16.7. The van der Waals surface area contributed by atoms with Gasteiger partial charge in [0, 0.05) is 25.7 Å². The van der Waals surface area contributed by atoms with Crippen molar-refractivity contribution in [2.24, 2.45) is 0 Å². The standard InChI is InChI=1S/C23H25N3O2/c27-23-22(28-14-12-24-23)15-21-16-26(17-25-21)13-4-5-18-8-10-20(11-9-18)19-6-2-1-3-7-19/h1-3,6-11,16-17,22H,4-5,12-15H2,(H,24,27). The Morgan fingerprint density at radius 2 is 1.86 bits per heavy atom. The number of hydrogen-bond acceptors (Lipinski definition) is 3. The topological polar surface area (TPSA) is 56.1 Å². The maximum absolute atomic E-state index is 11.8. The fourth-order valence-corrected chi connectivity index (χ4v) is 3.50. The molecule has 2 aromatic carbocycles. The van der Waals surface area contributed by atoms with E-state index in [1.807, 2.05) is 18.6 Å². The number of morpholine rings is 1. The Hall–Kier alpha value is -2.92. The number of benzene rings is 2. The molecule has 5 nitrogen and oxygen atoms in total. The predicted octanol–water partition coefficient (Wildman–Crippen LogP) is 3.24. The van der Waals surface area contributed by atoms with Gasteiger partial charge in [0.05, 0.1) is 18.6 Å². The molecule has 1 amide bonds. The quantitative estimate of drug-likeness (QED) is 0.690. The van der Waals surface area contributed by atoms with Crippen LogP contribution in [0.1, 0.15) is 17.7 Å². The van der Waals surface area contributed by atoms with Gasteiger partial charge in [-0.1, -0.05) is 54.6 Å². The van der Waals surface area contributed by atoms with Crippen LogP contribution in [-0.4, -0.2) is 34.7 Å². The molecule has 0 radical (unpaired) electrons. The lowest BCUT2D eigenvalue weighted by Gasteiger charge is -2.21. The molecule has 1 aromatic heterocycles. The molecule has 28 heavy (non-hydrogen) atoms. The third-order valence-corrected chi connectivity index (χ3v) is 5.04. The van der Waals surface area contributed by atoms with E-state index in [2.05, 4.69) is 63.4 Å². The van der Waals surface area contributed by atoms with Gasteiger partial charge in [-0.3, -0.25) is 4.79 Å². The zero-order chi connectivity index (χ0) is 19.2. The average Bonchev–Trinajstić information content (AvgIpc) is 3.18. The van der Waals surface area contributed by atoms with Gasteiger partial charge in [0.25, 0.3) is 0 Å². The maximum Gasteiger partial charge on any atom is 0.249 e. The van der Waals surface area contributed by atoms with Gasteiger partial charge < -0.3 is 14.6 Å². The summed E-state index contributed by atoms with van der Waals surface area (Å²) in [5.74, 6) is -0.0419. The third kappa shape index (κ3) is 4.67. The lowest BCUT2D eigenvalue weighted by Crippen LogP contribution is -2.45. The molecular formula is C23H25N3O2. The van der Waals surface area contributed by atoms with Crippen LogP contribution in [0.2, 0.25) is 0 Å². The van der Waals surface area contributed by atoms with Crippen LogP contribution in [0.5, 0.6) is 0 Å². The van der Waals surface area contributed by atoms with Crippen LogP contribution in [0.3, 0.4) is 0 Å². The first-order valence-corrected chi connectivity index (χ1v) is 9.82. The summed E-state index contributed by atoms with van der Waals surface area (Å²) in [4.78, 5) is 16.2. The summed E-state index contributed by atoms with van der Waals surface area (Å²) in [5, 5.41) is 2.83. The largest absolute Gasteiger partial charge is 0.366 e. The van der Waals surface area contributed by atoms with Gasteiger partial charge in [-0.05, 0) is 29.5 Å². The van der Waals surface area contributed by atoms with E-state index in [-0.39, 0.29) is 5.91 Å². The van der Waals surface area contributed by atoms with Gasteiger partial charge in [-0.25, -0.2) is 4.98 Å². The second-order valence-corrected chi connectivity index (χ2v) is 7.12. The van der Waals surface area contributed by atoms with Crippen molar-refractivity contribution < 1.29 is 9.53 Å². The number of carbonyl (C=O) groups excluding carboxylic acids is 1. The van der Waals surface area contributed by atoms with Gasteiger partial charge >= 0.3 is 0 Å². The number of amides is 1. The zero-order valence-electron chi connectivity index (χ0n) is 15.9. The first-order chi connectivity index (χ1) is 13.8. The molecule has 0 saturated carbocycles. The summed E-state index contributed by atoms with van der Waals surface area (Å²) in [7, 11) is 0. The Morgan fingerprint density at radius 1 is 1.07 bits per heavy atom. The zero-order valence-corrected chi connectivity index (χ0v) is 15.9. The Balaban J connectivity index is 1.26. The van der Waals surface area contributed by atoms with Crippen LogP contribution < -0.4 is 5.32 Å². The van der Waals surface area contributed by atoms with Gasteiger partial charge in [-0.15, -0.1) is 0 Å². The second kappa shape index (κ2) is 8.85. The molecule has 4 rings (SSSR count). The Bertz CT molecular complexity index is 903. The number of nitrogens with zero attached hydrogens (tertiary/aromatic N) is 2. The number of nitrogens with one attached hydrogen (secondary N) is 1. The van der Waals surface area contributed by atoms with Crippen LogP contribution in [0.4, 0.5) is 0 Å². The fraction of sp³-hybridized carbons (Fsp3) is 0.304. The predicted molar refractivity (Wildman–Crippen MR) is 109 cm³/mol. The Labute approximate surface area is 165 Å². The smallest absolute Gasteiger partial charge is 0.249 e. The van der Waals surface area contributed by atoms with Crippen LogP contribution in [0.25, 0.3) is 11.1 Å². The molecule has 0 bridgehead atoms. The van der Waals surface area contributed by atoms with Crippen molar-refractivity contribution in [3.63, 3.8) is 0 Å². The molecule has 1 N–H and O–H groups in total. The first kappa shape index (κ1) is 18.4. The fourth-order valence-electron chi connectivity index (χ4n) is 3.50.